The van der Waals surface area contributed by atoms with Crippen LogP contribution in [0.4, 0.5) is 8.78 Å². The Balaban J connectivity index is 1.39. The maximum atomic E-state index is 14.1. The van der Waals surface area contributed by atoms with E-state index < -0.39 is 47.1 Å². The van der Waals surface area contributed by atoms with Crippen molar-refractivity contribution in [2.24, 2.45) is 23.7 Å². The largest absolute Gasteiger partial charge is 0.477 e. The van der Waals surface area contributed by atoms with E-state index in [1.54, 1.807) is 0 Å². The van der Waals surface area contributed by atoms with Gasteiger partial charge in [-0.2, -0.15) is 0 Å². The third kappa shape index (κ3) is 3.28. The smallest absolute Gasteiger partial charge is 0.341 e. The molecule has 0 aromatic heterocycles. The molecule has 4 heterocycles. The Morgan fingerprint density at radius 2 is 1.88 bits per heavy atom. The highest BCUT2D eigenvalue weighted by Crippen LogP contribution is 2.60. The van der Waals surface area contributed by atoms with Gasteiger partial charge in [0.05, 0.1) is 6.61 Å². The molecule has 1 aliphatic carbocycles. The minimum Gasteiger partial charge on any atom is -0.477 e. The Morgan fingerprint density at radius 1 is 1.16 bits per heavy atom. The first-order valence-corrected chi connectivity index (χ1v) is 11.2. The van der Waals surface area contributed by atoms with Crippen molar-refractivity contribution >= 4 is 5.97 Å². The molecule has 0 amide bonds. The summed E-state index contributed by atoms with van der Waals surface area (Å²) in [6.07, 6.45) is 2.21. The average Bonchev–Trinajstić information content (AvgIpc) is 2.95. The van der Waals surface area contributed by atoms with Gasteiger partial charge in [-0.25, -0.2) is 23.4 Å². The molecule has 32 heavy (non-hydrogen) atoms. The van der Waals surface area contributed by atoms with Crippen molar-refractivity contribution in [1.29, 1.82) is 0 Å². The molecule has 1 spiro atoms. The first-order valence-electron chi connectivity index (χ1n) is 11.2. The monoisotopic (exact) mass is 454 g/mol. The Kier molecular flexibility index (Phi) is 5.33. The lowest BCUT2D eigenvalue weighted by Gasteiger charge is -2.60. The summed E-state index contributed by atoms with van der Waals surface area (Å²) in [7, 11) is 0. The van der Waals surface area contributed by atoms with Crippen LogP contribution in [0.1, 0.15) is 62.4 Å². The zero-order chi connectivity index (χ0) is 22.8. The summed E-state index contributed by atoms with van der Waals surface area (Å²) in [6.45, 7) is 5.95. The van der Waals surface area contributed by atoms with Crippen LogP contribution in [0.25, 0.3) is 0 Å². The molecular formula is C23H28F2O7. The molecule has 5 aliphatic rings. The Hall–Kier alpha value is -1.65. The molecule has 0 unspecified atom stereocenters. The molecule has 6 rings (SSSR count). The van der Waals surface area contributed by atoms with Gasteiger partial charge in [0.1, 0.15) is 17.2 Å². The topological polar surface area (TPSA) is 83.5 Å². The van der Waals surface area contributed by atoms with Gasteiger partial charge in [0.15, 0.2) is 18.2 Å². The highest BCUT2D eigenvalue weighted by molar-refractivity contribution is 5.88. The van der Waals surface area contributed by atoms with Crippen LogP contribution in [0.5, 0.6) is 0 Å². The van der Waals surface area contributed by atoms with Crippen molar-refractivity contribution in [3.05, 3.63) is 34.9 Å². The van der Waals surface area contributed by atoms with Crippen molar-refractivity contribution < 1.29 is 42.7 Å². The molecule has 1 saturated carbocycles. The minimum absolute atomic E-state index is 0.0676. The molecule has 4 saturated heterocycles. The third-order valence-corrected chi connectivity index (χ3v) is 7.83. The number of ether oxygens (including phenoxy) is 3. The van der Waals surface area contributed by atoms with E-state index in [1.165, 1.54) is 0 Å². The van der Waals surface area contributed by atoms with Gasteiger partial charge in [-0.3, -0.25) is 0 Å². The molecule has 1 aromatic rings. The van der Waals surface area contributed by atoms with E-state index in [9.17, 15) is 13.6 Å². The summed E-state index contributed by atoms with van der Waals surface area (Å²) < 4.78 is 46.6. The second-order valence-corrected chi connectivity index (χ2v) is 9.82. The van der Waals surface area contributed by atoms with Crippen LogP contribution in [0.2, 0.25) is 0 Å². The minimum atomic E-state index is -1.65. The van der Waals surface area contributed by atoms with E-state index in [0.717, 1.165) is 31.4 Å². The van der Waals surface area contributed by atoms with E-state index in [0.29, 0.717) is 12.3 Å². The van der Waals surface area contributed by atoms with Gasteiger partial charge >= 0.3 is 5.97 Å². The normalized spacial score (nSPS) is 42.9. The van der Waals surface area contributed by atoms with Crippen LogP contribution in [-0.4, -0.2) is 35.0 Å². The number of benzene rings is 1. The van der Waals surface area contributed by atoms with Gasteiger partial charge in [-0.05, 0) is 55.7 Å². The number of aromatic carboxylic acids is 1. The molecule has 0 radical (unpaired) electrons. The molecule has 176 valence electrons. The summed E-state index contributed by atoms with van der Waals surface area (Å²) >= 11 is 0. The number of carboxylic acid groups (broad SMARTS) is 1. The number of hydrogen-bond acceptors (Lipinski definition) is 6. The summed E-state index contributed by atoms with van der Waals surface area (Å²) in [5.41, 5.74) is -1.51. The fourth-order valence-corrected chi connectivity index (χ4v) is 6.15. The van der Waals surface area contributed by atoms with Gasteiger partial charge in [-0.15, -0.1) is 0 Å². The summed E-state index contributed by atoms with van der Waals surface area (Å²) in [5, 5.41) is 8.95. The predicted molar refractivity (Wildman–Crippen MR) is 105 cm³/mol. The van der Waals surface area contributed by atoms with E-state index in [4.69, 9.17) is 29.1 Å². The van der Waals surface area contributed by atoms with Crippen LogP contribution in [0.15, 0.2) is 12.1 Å². The first kappa shape index (κ1) is 22.2. The van der Waals surface area contributed by atoms with Gasteiger partial charge < -0.3 is 19.3 Å². The second kappa shape index (κ2) is 7.70. The third-order valence-electron chi connectivity index (χ3n) is 7.83. The Morgan fingerprint density at radius 3 is 2.56 bits per heavy atom. The quantitative estimate of drug-likeness (QED) is 0.676. The maximum absolute atomic E-state index is 14.1. The number of rotatable bonds is 4. The van der Waals surface area contributed by atoms with E-state index in [2.05, 4.69) is 6.92 Å². The van der Waals surface area contributed by atoms with Crippen molar-refractivity contribution in [1.82, 2.24) is 0 Å². The van der Waals surface area contributed by atoms with Crippen LogP contribution in [0.3, 0.4) is 0 Å². The van der Waals surface area contributed by atoms with E-state index >= 15 is 0 Å². The highest BCUT2D eigenvalue weighted by atomic mass is 19.1. The van der Waals surface area contributed by atoms with Crippen molar-refractivity contribution in [2.75, 3.05) is 0 Å². The van der Waals surface area contributed by atoms with Crippen molar-refractivity contribution in [3.63, 3.8) is 0 Å². The number of hydrogen-bond donors (Lipinski definition) is 1. The zero-order valence-corrected chi connectivity index (χ0v) is 18.3. The fourth-order valence-electron chi connectivity index (χ4n) is 6.15. The molecule has 5 fully saturated rings. The predicted octanol–water partition coefficient (Wildman–Crippen LogP) is 4.39. The van der Waals surface area contributed by atoms with Crippen LogP contribution < -0.4 is 0 Å². The summed E-state index contributed by atoms with van der Waals surface area (Å²) in [5.74, 6) is -4.18. The standard InChI is InChI=1S/C23H28F2O7/c1-11-4-5-15-12(2)20(28-10-13-8-16(24)18(19(26)27)17(25)9-13)29-21-23(15)14(11)6-7-22(3,30-21)31-32-23/h8-9,11-12,14-15,20-21H,4-7,10H2,1-3H3,(H,26,27)/t11-,12-,14+,15+,20+,21-,22-,23-/m1/s1. The van der Waals surface area contributed by atoms with Crippen LogP contribution in [0, 0.1) is 35.3 Å². The van der Waals surface area contributed by atoms with Crippen molar-refractivity contribution in [2.45, 2.75) is 77.0 Å². The number of carboxylic acids is 1. The summed E-state index contributed by atoms with van der Waals surface area (Å²) in [4.78, 5) is 22.9. The Bertz CT molecular complexity index is 903. The molecular weight excluding hydrogens is 426 g/mol. The lowest BCUT2D eigenvalue weighted by atomic mass is 9.58. The molecule has 1 aromatic carbocycles. The van der Waals surface area contributed by atoms with Crippen LogP contribution >= 0.6 is 0 Å². The molecule has 9 heteroatoms. The number of fused-ring (bicyclic) bond motifs is 2. The SMILES string of the molecule is C[C@H]1[C@@H](OCc2cc(F)c(C(=O)O)c(F)c2)O[C@@H]2O[C@@]3(C)CC[C@H]4[C@H](C)CC[C@@H]1[C@@]24OO3. The molecule has 2 bridgehead atoms. The van der Waals surface area contributed by atoms with Crippen molar-refractivity contribution in [3.8, 4) is 0 Å². The van der Waals surface area contributed by atoms with E-state index in [1.807, 2.05) is 13.8 Å². The van der Waals surface area contributed by atoms with Crippen LogP contribution in [-0.2, 0) is 30.6 Å². The zero-order valence-electron chi connectivity index (χ0n) is 18.3. The number of carbonyl (C=O) groups is 1. The molecule has 4 aliphatic heterocycles. The lowest BCUT2D eigenvalue weighted by Crippen LogP contribution is -2.70. The first-order chi connectivity index (χ1) is 15.1. The van der Waals surface area contributed by atoms with Gasteiger partial charge in [0.25, 0.3) is 0 Å². The van der Waals surface area contributed by atoms with Gasteiger partial charge in [0.2, 0.25) is 5.79 Å². The number of halogens is 2. The summed E-state index contributed by atoms with van der Waals surface area (Å²) in [6, 6.07) is 1.95. The van der Waals surface area contributed by atoms with Gasteiger partial charge in [-0.1, -0.05) is 13.8 Å². The van der Waals surface area contributed by atoms with E-state index in [-0.39, 0.29) is 29.9 Å². The molecule has 8 atom stereocenters. The molecule has 1 N–H and O–H groups in total. The molecule has 7 nitrogen and oxygen atoms in total. The maximum Gasteiger partial charge on any atom is 0.341 e. The highest BCUT2D eigenvalue weighted by Gasteiger charge is 2.69. The average molecular weight is 454 g/mol. The lowest BCUT2D eigenvalue weighted by molar-refractivity contribution is -0.577. The fraction of sp³-hybridized carbons (Fsp3) is 0.696. The second-order valence-electron chi connectivity index (χ2n) is 9.82. The Labute approximate surface area is 184 Å². The van der Waals surface area contributed by atoms with Gasteiger partial charge in [0, 0.05) is 18.3 Å².